The molecule has 2 aromatic rings. The zero-order chi connectivity index (χ0) is 14.7. The van der Waals surface area contributed by atoms with Gasteiger partial charge in [-0.3, -0.25) is 4.68 Å². The van der Waals surface area contributed by atoms with Crippen LogP contribution in [0.1, 0.15) is 44.0 Å². The van der Waals surface area contributed by atoms with Gasteiger partial charge >= 0.3 is 0 Å². The van der Waals surface area contributed by atoms with Gasteiger partial charge in [-0.25, -0.2) is 0 Å². The molecule has 0 spiro atoms. The third-order valence-electron chi connectivity index (χ3n) is 3.37. The number of nitrogens with zero attached hydrogens (tertiary/aromatic N) is 2. The average Bonchev–Trinajstić information content (AvgIpc) is 2.87. The zero-order valence-corrected chi connectivity index (χ0v) is 12.8. The van der Waals surface area contributed by atoms with Gasteiger partial charge in [0.1, 0.15) is 5.75 Å². The molecule has 1 N–H and O–H groups in total. The number of hydrogen-bond donors (Lipinski definition) is 1. The summed E-state index contributed by atoms with van der Waals surface area (Å²) in [4.78, 5) is 0. The summed E-state index contributed by atoms with van der Waals surface area (Å²) in [5.74, 6) is 0.918. The second-order valence-electron chi connectivity index (χ2n) is 5.41. The Balaban J connectivity index is 2.16. The van der Waals surface area contributed by atoms with Crippen molar-refractivity contribution in [2.24, 2.45) is 0 Å². The molecule has 0 aliphatic carbocycles. The molecule has 0 fully saturated rings. The predicted octanol–water partition coefficient (Wildman–Crippen LogP) is 3.95. The first-order valence-corrected chi connectivity index (χ1v) is 6.96. The fourth-order valence-electron chi connectivity index (χ4n) is 2.20. The molecule has 1 atom stereocenters. The van der Waals surface area contributed by atoms with E-state index in [1.807, 2.05) is 17.1 Å². The SMILES string of the molecule is COc1cc(C)ccc1C(C)Nc1cnn(C(C)C)c1. The van der Waals surface area contributed by atoms with Gasteiger partial charge in [0, 0.05) is 17.8 Å². The van der Waals surface area contributed by atoms with E-state index >= 15 is 0 Å². The Morgan fingerprint density at radius 1 is 1.25 bits per heavy atom. The molecule has 4 nitrogen and oxygen atoms in total. The van der Waals surface area contributed by atoms with E-state index in [9.17, 15) is 0 Å². The quantitative estimate of drug-likeness (QED) is 0.896. The standard InChI is InChI=1S/C16H23N3O/c1-11(2)19-10-14(9-17-19)18-13(4)15-7-6-12(3)8-16(15)20-5/h6-11,13,18H,1-5H3. The third-order valence-corrected chi connectivity index (χ3v) is 3.37. The van der Waals surface area contributed by atoms with Gasteiger partial charge in [0.15, 0.2) is 0 Å². The smallest absolute Gasteiger partial charge is 0.124 e. The van der Waals surface area contributed by atoms with Crippen LogP contribution in [-0.2, 0) is 0 Å². The van der Waals surface area contributed by atoms with Crippen molar-refractivity contribution in [3.8, 4) is 5.75 Å². The summed E-state index contributed by atoms with van der Waals surface area (Å²) in [5.41, 5.74) is 3.37. The van der Waals surface area contributed by atoms with Crippen LogP contribution in [0, 0.1) is 6.92 Å². The fourth-order valence-corrected chi connectivity index (χ4v) is 2.20. The van der Waals surface area contributed by atoms with Crippen molar-refractivity contribution >= 4 is 5.69 Å². The summed E-state index contributed by atoms with van der Waals surface area (Å²) in [7, 11) is 1.71. The Bertz CT molecular complexity index is 575. The van der Waals surface area contributed by atoms with E-state index in [0.717, 1.165) is 17.0 Å². The van der Waals surface area contributed by atoms with Gasteiger partial charge in [-0.2, -0.15) is 5.10 Å². The lowest BCUT2D eigenvalue weighted by molar-refractivity contribution is 0.407. The second-order valence-corrected chi connectivity index (χ2v) is 5.41. The third kappa shape index (κ3) is 3.13. The highest BCUT2D eigenvalue weighted by atomic mass is 16.5. The Morgan fingerprint density at radius 3 is 2.60 bits per heavy atom. The van der Waals surface area contributed by atoms with Crippen LogP contribution in [-0.4, -0.2) is 16.9 Å². The number of rotatable bonds is 5. The largest absolute Gasteiger partial charge is 0.496 e. The molecular weight excluding hydrogens is 250 g/mol. The Labute approximate surface area is 120 Å². The van der Waals surface area contributed by atoms with Gasteiger partial charge in [-0.15, -0.1) is 0 Å². The average molecular weight is 273 g/mol. The molecule has 1 unspecified atom stereocenters. The lowest BCUT2D eigenvalue weighted by atomic mass is 10.0. The van der Waals surface area contributed by atoms with E-state index in [2.05, 4.69) is 56.3 Å². The number of hydrogen-bond acceptors (Lipinski definition) is 3. The molecule has 20 heavy (non-hydrogen) atoms. The molecular formula is C16H23N3O. The van der Waals surface area contributed by atoms with Crippen LogP contribution >= 0.6 is 0 Å². The monoisotopic (exact) mass is 273 g/mol. The molecule has 0 aliphatic rings. The Kier molecular flexibility index (Phi) is 4.32. The molecule has 0 bridgehead atoms. The molecule has 1 aromatic carbocycles. The number of aromatic nitrogens is 2. The minimum absolute atomic E-state index is 0.162. The van der Waals surface area contributed by atoms with Crippen LogP contribution in [0.2, 0.25) is 0 Å². The highest BCUT2D eigenvalue weighted by Crippen LogP contribution is 2.28. The first-order valence-electron chi connectivity index (χ1n) is 6.96. The van der Waals surface area contributed by atoms with Crippen LogP contribution in [0.15, 0.2) is 30.6 Å². The minimum Gasteiger partial charge on any atom is -0.496 e. The van der Waals surface area contributed by atoms with E-state index in [1.165, 1.54) is 5.56 Å². The van der Waals surface area contributed by atoms with Gasteiger partial charge in [-0.1, -0.05) is 12.1 Å². The van der Waals surface area contributed by atoms with Crippen molar-refractivity contribution in [3.05, 3.63) is 41.7 Å². The van der Waals surface area contributed by atoms with Crippen LogP contribution in [0.4, 0.5) is 5.69 Å². The van der Waals surface area contributed by atoms with Crippen molar-refractivity contribution in [2.45, 2.75) is 39.8 Å². The van der Waals surface area contributed by atoms with Crippen molar-refractivity contribution in [1.82, 2.24) is 9.78 Å². The molecule has 0 amide bonds. The zero-order valence-electron chi connectivity index (χ0n) is 12.8. The summed E-state index contributed by atoms with van der Waals surface area (Å²) in [6.45, 7) is 8.42. The molecule has 1 heterocycles. The van der Waals surface area contributed by atoms with Gasteiger partial charge in [-0.05, 0) is 39.3 Å². The molecule has 2 rings (SSSR count). The topological polar surface area (TPSA) is 39.1 Å². The number of benzene rings is 1. The molecule has 0 saturated heterocycles. The number of nitrogens with one attached hydrogen (secondary N) is 1. The molecule has 108 valence electrons. The number of aryl methyl sites for hydroxylation is 1. The highest BCUT2D eigenvalue weighted by molar-refractivity contribution is 5.46. The predicted molar refractivity (Wildman–Crippen MR) is 82.4 cm³/mol. The van der Waals surface area contributed by atoms with Gasteiger partial charge in [0.05, 0.1) is 25.0 Å². The lowest BCUT2D eigenvalue weighted by Gasteiger charge is -2.17. The van der Waals surface area contributed by atoms with Crippen molar-refractivity contribution < 1.29 is 4.74 Å². The van der Waals surface area contributed by atoms with E-state index in [0.29, 0.717) is 6.04 Å². The van der Waals surface area contributed by atoms with E-state index in [-0.39, 0.29) is 6.04 Å². The summed E-state index contributed by atoms with van der Waals surface area (Å²) in [6.07, 6.45) is 3.89. The van der Waals surface area contributed by atoms with E-state index in [1.54, 1.807) is 7.11 Å². The van der Waals surface area contributed by atoms with Crippen molar-refractivity contribution in [2.75, 3.05) is 12.4 Å². The molecule has 0 radical (unpaired) electrons. The molecule has 0 saturated carbocycles. The van der Waals surface area contributed by atoms with E-state index < -0.39 is 0 Å². The summed E-state index contributed by atoms with van der Waals surface area (Å²) in [5, 5.41) is 7.81. The first-order chi connectivity index (χ1) is 9.51. The van der Waals surface area contributed by atoms with Crippen molar-refractivity contribution in [1.29, 1.82) is 0 Å². The Morgan fingerprint density at radius 2 is 2.00 bits per heavy atom. The highest BCUT2D eigenvalue weighted by Gasteiger charge is 2.12. The van der Waals surface area contributed by atoms with Gasteiger partial charge in [0.2, 0.25) is 0 Å². The molecule has 0 aliphatic heterocycles. The number of ether oxygens (including phenoxy) is 1. The maximum absolute atomic E-state index is 5.47. The normalized spacial score (nSPS) is 12.5. The summed E-state index contributed by atoms with van der Waals surface area (Å²) in [6, 6.07) is 6.81. The maximum atomic E-state index is 5.47. The summed E-state index contributed by atoms with van der Waals surface area (Å²) >= 11 is 0. The fraction of sp³-hybridized carbons (Fsp3) is 0.438. The van der Waals surface area contributed by atoms with Crippen molar-refractivity contribution in [3.63, 3.8) is 0 Å². The van der Waals surface area contributed by atoms with Gasteiger partial charge in [0.25, 0.3) is 0 Å². The van der Waals surface area contributed by atoms with Crippen LogP contribution in [0.3, 0.4) is 0 Å². The van der Waals surface area contributed by atoms with Crippen LogP contribution < -0.4 is 10.1 Å². The number of anilines is 1. The van der Waals surface area contributed by atoms with Crippen LogP contribution in [0.5, 0.6) is 5.75 Å². The second kappa shape index (κ2) is 5.99. The Hall–Kier alpha value is -1.97. The van der Waals surface area contributed by atoms with Gasteiger partial charge < -0.3 is 10.1 Å². The summed E-state index contributed by atoms with van der Waals surface area (Å²) < 4.78 is 7.41. The van der Waals surface area contributed by atoms with E-state index in [4.69, 9.17) is 4.74 Å². The molecule has 4 heteroatoms. The van der Waals surface area contributed by atoms with Crippen LogP contribution in [0.25, 0.3) is 0 Å². The maximum Gasteiger partial charge on any atom is 0.124 e. The molecule has 1 aromatic heterocycles. The lowest BCUT2D eigenvalue weighted by Crippen LogP contribution is -2.08. The first kappa shape index (κ1) is 14.4. The number of methoxy groups -OCH3 is 1. The minimum atomic E-state index is 0.162.